The Labute approximate surface area is 160 Å². The van der Waals surface area contributed by atoms with E-state index in [1.807, 2.05) is 0 Å². The lowest BCUT2D eigenvalue weighted by molar-refractivity contribution is -0.139. The number of carbonyl (C=O) groups excluding carboxylic acids is 2. The lowest BCUT2D eigenvalue weighted by atomic mass is 9.97. The second kappa shape index (κ2) is 9.70. The second-order valence-corrected chi connectivity index (χ2v) is 7.03. The first-order valence-corrected chi connectivity index (χ1v) is 8.85. The standard InChI is InChI=1S/C18H31N3O6/c1-8-26-15(22)14-11(2)20-16(19)21(17(23)27-18(3,4)5)12(14)9-10-13(24-6)25-7/h12-13H,8-10H2,1-7H3,(H2,19,20). The first-order valence-electron chi connectivity index (χ1n) is 8.85. The molecule has 154 valence electrons. The lowest BCUT2D eigenvalue weighted by Crippen LogP contribution is -2.54. The summed E-state index contributed by atoms with van der Waals surface area (Å²) in [6.07, 6.45) is -0.419. The highest BCUT2D eigenvalue weighted by atomic mass is 16.7. The number of hydrogen-bond donors (Lipinski definition) is 1. The third-order valence-electron chi connectivity index (χ3n) is 3.85. The Hall–Kier alpha value is -2.13. The average Bonchev–Trinajstić information content (AvgIpc) is 2.53. The number of amides is 1. The SMILES string of the molecule is CCOC(=O)C1=C(C)N=C(N)N(C(=O)OC(C)(C)C)C1CCC(OC)OC. The van der Waals surface area contributed by atoms with Crippen LogP contribution in [0.1, 0.15) is 47.5 Å². The number of guanidine groups is 1. The largest absolute Gasteiger partial charge is 0.463 e. The molecule has 0 aromatic rings. The Bertz CT molecular complexity index is 605. The van der Waals surface area contributed by atoms with Gasteiger partial charge in [-0.05, 0) is 41.0 Å². The van der Waals surface area contributed by atoms with Crippen molar-refractivity contribution < 1.29 is 28.5 Å². The van der Waals surface area contributed by atoms with E-state index in [-0.39, 0.29) is 18.1 Å². The molecule has 1 heterocycles. The van der Waals surface area contributed by atoms with E-state index in [1.54, 1.807) is 34.6 Å². The minimum atomic E-state index is -0.732. The summed E-state index contributed by atoms with van der Waals surface area (Å²) in [7, 11) is 3.04. The summed E-state index contributed by atoms with van der Waals surface area (Å²) in [6, 6.07) is -0.704. The quantitative estimate of drug-likeness (QED) is 0.528. The van der Waals surface area contributed by atoms with Crippen molar-refractivity contribution in [1.29, 1.82) is 0 Å². The van der Waals surface area contributed by atoms with Crippen LogP contribution in [0.3, 0.4) is 0 Å². The summed E-state index contributed by atoms with van der Waals surface area (Å²) in [4.78, 5) is 30.6. The number of aliphatic imine (C=N–C) groups is 1. The van der Waals surface area contributed by atoms with Crippen molar-refractivity contribution in [2.75, 3.05) is 20.8 Å². The van der Waals surface area contributed by atoms with E-state index in [0.29, 0.717) is 18.5 Å². The molecule has 1 rings (SSSR count). The molecule has 1 aliphatic heterocycles. The van der Waals surface area contributed by atoms with Gasteiger partial charge in [-0.3, -0.25) is 0 Å². The molecule has 1 aliphatic rings. The number of esters is 1. The number of ether oxygens (including phenoxy) is 4. The van der Waals surface area contributed by atoms with E-state index in [4.69, 9.17) is 24.7 Å². The van der Waals surface area contributed by atoms with Gasteiger partial charge in [-0.25, -0.2) is 19.5 Å². The van der Waals surface area contributed by atoms with Crippen molar-refractivity contribution in [3.63, 3.8) is 0 Å². The fraction of sp³-hybridized carbons (Fsp3) is 0.722. The molecular weight excluding hydrogens is 354 g/mol. The third-order valence-corrected chi connectivity index (χ3v) is 3.85. The number of methoxy groups -OCH3 is 2. The van der Waals surface area contributed by atoms with Gasteiger partial charge in [0.2, 0.25) is 5.96 Å². The molecule has 0 aliphatic carbocycles. The zero-order chi connectivity index (χ0) is 20.8. The van der Waals surface area contributed by atoms with E-state index < -0.39 is 30.0 Å². The van der Waals surface area contributed by atoms with Crippen LogP contribution in [0.4, 0.5) is 4.79 Å². The van der Waals surface area contributed by atoms with Gasteiger partial charge >= 0.3 is 12.1 Å². The monoisotopic (exact) mass is 385 g/mol. The fourth-order valence-electron chi connectivity index (χ4n) is 2.74. The van der Waals surface area contributed by atoms with Crippen LogP contribution in [0.25, 0.3) is 0 Å². The van der Waals surface area contributed by atoms with Crippen LogP contribution in [0.2, 0.25) is 0 Å². The third kappa shape index (κ3) is 6.21. The number of nitrogens with zero attached hydrogens (tertiary/aromatic N) is 2. The predicted octanol–water partition coefficient (Wildman–Crippen LogP) is 2.16. The van der Waals surface area contributed by atoms with Crippen molar-refractivity contribution in [2.24, 2.45) is 10.7 Å². The Balaban J connectivity index is 3.27. The normalized spacial score (nSPS) is 17.9. The lowest BCUT2D eigenvalue weighted by Gasteiger charge is -2.36. The first kappa shape index (κ1) is 22.9. The van der Waals surface area contributed by atoms with Gasteiger partial charge in [-0.15, -0.1) is 0 Å². The number of carbonyl (C=O) groups is 2. The molecule has 0 saturated heterocycles. The van der Waals surface area contributed by atoms with Gasteiger partial charge in [0.15, 0.2) is 6.29 Å². The molecule has 1 atom stereocenters. The molecule has 1 unspecified atom stereocenters. The molecule has 9 heteroatoms. The molecular formula is C18H31N3O6. The summed E-state index contributed by atoms with van der Waals surface area (Å²) in [5.74, 6) is -0.581. The first-order chi connectivity index (χ1) is 12.6. The van der Waals surface area contributed by atoms with E-state index in [9.17, 15) is 9.59 Å². The number of rotatable bonds is 7. The van der Waals surface area contributed by atoms with Crippen LogP contribution in [0.5, 0.6) is 0 Å². The van der Waals surface area contributed by atoms with Gasteiger partial charge in [-0.2, -0.15) is 0 Å². The smallest absolute Gasteiger partial charge is 0.417 e. The predicted molar refractivity (Wildman–Crippen MR) is 99.9 cm³/mol. The molecule has 0 bridgehead atoms. The maximum atomic E-state index is 12.8. The van der Waals surface area contributed by atoms with E-state index in [0.717, 1.165) is 0 Å². The molecule has 9 nitrogen and oxygen atoms in total. The Morgan fingerprint density at radius 2 is 1.85 bits per heavy atom. The number of allylic oxidation sites excluding steroid dienone is 1. The fourth-order valence-corrected chi connectivity index (χ4v) is 2.74. The van der Waals surface area contributed by atoms with Crippen molar-refractivity contribution >= 4 is 18.0 Å². The summed E-state index contributed by atoms with van der Waals surface area (Å²) >= 11 is 0. The summed E-state index contributed by atoms with van der Waals surface area (Å²) in [5.41, 5.74) is 5.95. The van der Waals surface area contributed by atoms with Crippen LogP contribution in [-0.4, -0.2) is 61.7 Å². The minimum Gasteiger partial charge on any atom is -0.463 e. The molecule has 0 radical (unpaired) electrons. The van der Waals surface area contributed by atoms with Crippen LogP contribution in [0, 0.1) is 0 Å². The van der Waals surface area contributed by atoms with Crippen LogP contribution >= 0.6 is 0 Å². The molecule has 0 aromatic carbocycles. The van der Waals surface area contributed by atoms with Gasteiger partial charge in [0.25, 0.3) is 0 Å². The van der Waals surface area contributed by atoms with Crippen molar-refractivity contribution in [1.82, 2.24) is 4.90 Å². The summed E-state index contributed by atoms with van der Waals surface area (Å²) in [6.45, 7) is 8.80. The van der Waals surface area contributed by atoms with Gasteiger partial charge in [0.05, 0.1) is 23.9 Å². The number of hydrogen-bond acceptors (Lipinski definition) is 8. The summed E-state index contributed by atoms with van der Waals surface area (Å²) in [5, 5.41) is 0. The molecule has 0 aromatic heterocycles. The molecule has 1 amide bonds. The van der Waals surface area contributed by atoms with Crippen molar-refractivity contribution in [2.45, 2.75) is 65.4 Å². The van der Waals surface area contributed by atoms with E-state index in [2.05, 4.69) is 4.99 Å². The molecule has 0 fully saturated rings. The Morgan fingerprint density at radius 3 is 2.33 bits per heavy atom. The highest BCUT2D eigenvalue weighted by Gasteiger charge is 2.40. The molecule has 0 saturated carbocycles. The van der Waals surface area contributed by atoms with Crippen LogP contribution in [0.15, 0.2) is 16.3 Å². The average molecular weight is 385 g/mol. The molecule has 2 N–H and O–H groups in total. The maximum absolute atomic E-state index is 12.8. The highest BCUT2D eigenvalue weighted by molar-refractivity contribution is 6.00. The topological polar surface area (TPSA) is 113 Å². The van der Waals surface area contributed by atoms with Crippen LogP contribution < -0.4 is 5.73 Å². The maximum Gasteiger partial charge on any atom is 0.417 e. The van der Waals surface area contributed by atoms with E-state index >= 15 is 0 Å². The molecule has 0 spiro atoms. The second-order valence-electron chi connectivity index (χ2n) is 7.03. The van der Waals surface area contributed by atoms with Gasteiger partial charge < -0.3 is 24.7 Å². The zero-order valence-corrected chi connectivity index (χ0v) is 17.2. The van der Waals surface area contributed by atoms with E-state index in [1.165, 1.54) is 19.1 Å². The molecule has 27 heavy (non-hydrogen) atoms. The highest BCUT2D eigenvalue weighted by Crippen LogP contribution is 2.28. The van der Waals surface area contributed by atoms with Crippen LogP contribution in [-0.2, 0) is 23.7 Å². The Morgan fingerprint density at radius 1 is 1.26 bits per heavy atom. The van der Waals surface area contributed by atoms with Gasteiger partial charge in [0.1, 0.15) is 5.60 Å². The van der Waals surface area contributed by atoms with Crippen molar-refractivity contribution in [3.8, 4) is 0 Å². The number of nitrogens with two attached hydrogens (primary N) is 1. The Kier molecular flexibility index (Phi) is 8.23. The zero-order valence-electron chi connectivity index (χ0n) is 17.2. The van der Waals surface area contributed by atoms with Crippen molar-refractivity contribution in [3.05, 3.63) is 11.3 Å². The summed E-state index contributed by atoms with van der Waals surface area (Å²) < 4.78 is 21.0. The van der Waals surface area contributed by atoms with Gasteiger partial charge in [-0.1, -0.05) is 0 Å². The minimum absolute atomic E-state index is 0.0359. The van der Waals surface area contributed by atoms with Gasteiger partial charge in [0, 0.05) is 20.6 Å².